The van der Waals surface area contributed by atoms with Gasteiger partial charge in [0.2, 0.25) is 0 Å². The number of hydrogen-bond acceptors (Lipinski definition) is 4. The molecule has 106 valence electrons. The zero-order valence-corrected chi connectivity index (χ0v) is 12.7. The highest BCUT2D eigenvalue weighted by atomic mass is 79.9. The van der Waals surface area contributed by atoms with Crippen LogP contribution >= 0.6 is 15.9 Å². The average Bonchev–Trinajstić information content (AvgIpc) is 2.99. The lowest BCUT2D eigenvalue weighted by Crippen LogP contribution is -2.23. The highest BCUT2D eigenvalue weighted by Crippen LogP contribution is 2.36. The molecular formula is C15H12BrFN4. The lowest BCUT2D eigenvalue weighted by Gasteiger charge is -2.26. The van der Waals surface area contributed by atoms with Gasteiger partial charge in [-0.15, -0.1) is 0 Å². The number of nitriles is 1. The van der Waals surface area contributed by atoms with Crippen LogP contribution in [0.4, 0.5) is 10.2 Å². The molecule has 0 radical (unpaired) electrons. The van der Waals surface area contributed by atoms with E-state index in [2.05, 4.69) is 30.8 Å². The molecule has 0 saturated carbocycles. The van der Waals surface area contributed by atoms with Gasteiger partial charge in [0, 0.05) is 12.6 Å². The van der Waals surface area contributed by atoms with Gasteiger partial charge in [0.1, 0.15) is 29.7 Å². The van der Waals surface area contributed by atoms with Crippen LogP contribution in [0.2, 0.25) is 0 Å². The number of hydrogen-bond donors (Lipinski definition) is 0. The Morgan fingerprint density at radius 3 is 2.95 bits per heavy atom. The molecule has 1 aliphatic rings. The van der Waals surface area contributed by atoms with E-state index in [4.69, 9.17) is 5.26 Å². The summed E-state index contributed by atoms with van der Waals surface area (Å²) in [6, 6.07) is 8.97. The molecule has 1 fully saturated rings. The first-order valence-corrected chi connectivity index (χ1v) is 7.42. The molecule has 1 aromatic carbocycles. The van der Waals surface area contributed by atoms with Crippen LogP contribution in [-0.2, 0) is 0 Å². The Balaban J connectivity index is 1.95. The second-order valence-corrected chi connectivity index (χ2v) is 5.75. The largest absolute Gasteiger partial charge is 0.349 e. The first-order valence-electron chi connectivity index (χ1n) is 6.63. The lowest BCUT2D eigenvalue weighted by atomic mass is 10.0. The number of benzene rings is 1. The molecule has 1 aliphatic heterocycles. The second kappa shape index (κ2) is 5.78. The predicted molar refractivity (Wildman–Crippen MR) is 80.2 cm³/mol. The summed E-state index contributed by atoms with van der Waals surface area (Å²) < 4.78 is 14.2. The molecule has 0 aliphatic carbocycles. The van der Waals surface area contributed by atoms with Gasteiger partial charge in [0.15, 0.2) is 0 Å². The van der Waals surface area contributed by atoms with E-state index >= 15 is 0 Å². The van der Waals surface area contributed by atoms with E-state index in [1.165, 1.54) is 6.33 Å². The van der Waals surface area contributed by atoms with Gasteiger partial charge in [0.05, 0.1) is 10.5 Å². The van der Waals surface area contributed by atoms with Crippen LogP contribution < -0.4 is 4.90 Å². The van der Waals surface area contributed by atoms with E-state index < -0.39 is 0 Å². The molecule has 4 nitrogen and oxygen atoms in total. The first-order chi connectivity index (χ1) is 10.2. The zero-order valence-electron chi connectivity index (χ0n) is 11.1. The van der Waals surface area contributed by atoms with Crippen molar-refractivity contribution in [1.82, 2.24) is 9.97 Å². The SMILES string of the molecule is N#Cc1cc(N2CCCC2c2ccc(Br)c(F)c2)ncn1. The molecule has 0 N–H and O–H groups in total. The van der Waals surface area contributed by atoms with Crippen molar-refractivity contribution in [2.75, 3.05) is 11.4 Å². The maximum atomic E-state index is 13.7. The Hall–Kier alpha value is -2.00. The summed E-state index contributed by atoms with van der Waals surface area (Å²) >= 11 is 3.17. The molecule has 2 aromatic rings. The molecule has 6 heteroatoms. The number of aromatic nitrogens is 2. The van der Waals surface area contributed by atoms with Crippen molar-refractivity contribution < 1.29 is 4.39 Å². The minimum absolute atomic E-state index is 0.0778. The topological polar surface area (TPSA) is 52.8 Å². The van der Waals surface area contributed by atoms with Gasteiger partial charge >= 0.3 is 0 Å². The van der Waals surface area contributed by atoms with Gasteiger partial charge in [-0.3, -0.25) is 0 Å². The van der Waals surface area contributed by atoms with Crippen LogP contribution in [-0.4, -0.2) is 16.5 Å². The summed E-state index contributed by atoms with van der Waals surface area (Å²) in [5.74, 6) is 0.451. The van der Waals surface area contributed by atoms with Crippen LogP contribution in [0.1, 0.15) is 30.1 Å². The third-order valence-corrected chi connectivity index (χ3v) is 4.29. The summed E-state index contributed by atoms with van der Waals surface area (Å²) in [5.41, 5.74) is 1.26. The molecule has 1 saturated heterocycles. The number of nitrogens with zero attached hydrogens (tertiary/aromatic N) is 4. The highest BCUT2D eigenvalue weighted by Gasteiger charge is 2.27. The van der Waals surface area contributed by atoms with Crippen LogP contribution in [0.25, 0.3) is 0 Å². The van der Waals surface area contributed by atoms with E-state index in [0.717, 1.165) is 24.9 Å². The molecular weight excluding hydrogens is 335 g/mol. The Kier molecular flexibility index (Phi) is 3.84. The van der Waals surface area contributed by atoms with E-state index in [1.807, 2.05) is 12.1 Å². The molecule has 0 amide bonds. The molecule has 0 bridgehead atoms. The molecule has 3 rings (SSSR count). The fourth-order valence-corrected chi connectivity index (χ4v) is 2.92. The van der Waals surface area contributed by atoms with Crippen molar-refractivity contribution in [2.24, 2.45) is 0 Å². The van der Waals surface area contributed by atoms with Gasteiger partial charge < -0.3 is 4.90 Å². The molecule has 2 heterocycles. The molecule has 1 atom stereocenters. The first kappa shape index (κ1) is 14.0. The molecule has 1 aromatic heterocycles. The number of halogens is 2. The van der Waals surface area contributed by atoms with Gasteiger partial charge in [-0.25, -0.2) is 14.4 Å². The maximum Gasteiger partial charge on any atom is 0.145 e. The number of rotatable bonds is 2. The Labute approximate surface area is 130 Å². The van der Waals surface area contributed by atoms with Crippen molar-refractivity contribution in [3.05, 3.63) is 52.1 Å². The van der Waals surface area contributed by atoms with E-state index in [1.54, 1.807) is 18.2 Å². The summed E-state index contributed by atoms with van der Waals surface area (Å²) in [6.45, 7) is 0.838. The van der Waals surface area contributed by atoms with Crippen molar-refractivity contribution in [3.8, 4) is 6.07 Å². The van der Waals surface area contributed by atoms with E-state index in [9.17, 15) is 4.39 Å². The Morgan fingerprint density at radius 2 is 2.19 bits per heavy atom. The van der Waals surface area contributed by atoms with Gasteiger partial charge in [-0.05, 0) is 46.5 Å². The fraction of sp³-hybridized carbons (Fsp3) is 0.267. The van der Waals surface area contributed by atoms with Crippen molar-refractivity contribution in [2.45, 2.75) is 18.9 Å². The minimum atomic E-state index is -0.264. The fourth-order valence-electron chi connectivity index (χ4n) is 2.67. The standard InChI is InChI=1S/C15H12BrFN4/c16-12-4-3-10(6-13(12)17)14-2-1-5-21(14)15-7-11(8-18)19-9-20-15/h3-4,6-7,9,14H,1-2,5H2. The van der Waals surface area contributed by atoms with E-state index in [-0.39, 0.29) is 11.9 Å². The number of anilines is 1. The maximum absolute atomic E-state index is 13.7. The molecule has 21 heavy (non-hydrogen) atoms. The third-order valence-electron chi connectivity index (χ3n) is 3.64. The summed E-state index contributed by atoms with van der Waals surface area (Å²) in [7, 11) is 0. The van der Waals surface area contributed by atoms with Crippen molar-refractivity contribution in [1.29, 1.82) is 5.26 Å². The second-order valence-electron chi connectivity index (χ2n) is 4.90. The third kappa shape index (κ3) is 2.74. The average molecular weight is 347 g/mol. The smallest absolute Gasteiger partial charge is 0.145 e. The summed E-state index contributed by atoms with van der Waals surface area (Å²) in [6.07, 6.45) is 3.34. The Morgan fingerprint density at radius 1 is 1.33 bits per heavy atom. The van der Waals surface area contributed by atoms with Crippen LogP contribution in [0, 0.1) is 17.1 Å². The monoisotopic (exact) mass is 346 g/mol. The Bertz CT molecular complexity index is 713. The van der Waals surface area contributed by atoms with Crippen molar-refractivity contribution in [3.63, 3.8) is 0 Å². The predicted octanol–water partition coefficient (Wildman–Crippen LogP) is 3.59. The summed E-state index contributed by atoms with van der Waals surface area (Å²) in [4.78, 5) is 10.2. The van der Waals surface area contributed by atoms with Crippen LogP contribution in [0.3, 0.4) is 0 Å². The quantitative estimate of drug-likeness (QED) is 0.833. The van der Waals surface area contributed by atoms with E-state index in [0.29, 0.717) is 16.0 Å². The molecule has 0 spiro atoms. The van der Waals surface area contributed by atoms with Gasteiger partial charge in [0.25, 0.3) is 0 Å². The normalized spacial score (nSPS) is 17.8. The highest BCUT2D eigenvalue weighted by molar-refractivity contribution is 9.10. The minimum Gasteiger partial charge on any atom is -0.349 e. The van der Waals surface area contributed by atoms with Crippen LogP contribution in [0.5, 0.6) is 0 Å². The lowest BCUT2D eigenvalue weighted by molar-refractivity contribution is 0.611. The van der Waals surface area contributed by atoms with Crippen LogP contribution in [0.15, 0.2) is 35.1 Å². The van der Waals surface area contributed by atoms with Gasteiger partial charge in [-0.1, -0.05) is 6.07 Å². The zero-order chi connectivity index (χ0) is 14.8. The van der Waals surface area contributed by atoms with Gasteiger partial charge in [-0.2, -0.15) is 5.26 Å². The van der Waals surface area contributed by atoms with Crippen molar-refractivity contribution >= 4 is 21.7 Å². The summed E-state index contributed by atoms with van der Waals surface area (Å²) in [5, 5.41) is 8.94. The molecule has 1 unspecified atom stereocenters.